The van der Waals surface area contributed by atoms with Crippen LogP contribution in [0.2, 0.25) is 0 Å². The highest BCUT2D eigenvalue weighted by Gasteiger charge is 2.34. The van der Waals surface area contributed by atoms with E-state index in [1.54, 1.807) is 32.4 Å². The standard InChI is InChI=1S/C18H26N2O4/c1-22-14-9-13(10-15(11-14)23-2)19-18(21)12-20-7-8-24-17-6-4-3-5-16(17)20/h9-11,16-17H,3-8,12H2,1-2H3,(H,19,21). The number of ether oxygens (including phenoxy) is 3. The molecule has 6 nitrogen and oxygen atoms in total. The van der Waals surface area contributed by atoms with Gasteiger partial charge in [0.2, 0.25) is 5.91 Å². The van der Waals surface area contributed by atoms with Gasteiger partial charge in [0.25, 0.3) is 0 Å². The zero-order valence-electron chi connectivity index (χ0n) is 14.4. The van der Waals surface area contributed by atoms with Crippen LogP contribution in [-0.4, -0.2) is 56.9 Å². The summed E-state index contributed by atoms with van der Waals surface area (Å²) in [5.41, 5.74) is 0.685. The minimum atomic E-state index is -0.0171. The lowest BCUT2D eigenvalue weighted by Crippen LogP contribution is -2.54. The van der Waals surface area contributed by atoms with E-state index in [0.717, 1.165) is 19.4 Å². The zero-order valence-corrected chi connectivity index (χ0v) is 14.4. The highest BCUT2D eigenvalue weighted by molar-refractivity contribution is 5.92. The molecule has 1 heterocycles. The molecule has 2 aliphatic rings. The number of nitrogens with one attached hydrogen (secondary N) is 1. The molecule has 1 saturated carbocycles. The van der Waals surface area contributed by atoms with Crippen molar-refractivity contribution < 1.29 is 19.0 Å². The third-order valence-electron chi connectivity index (χ3n) is 4.83. The third-order valence-corrected chi connectivity index (χ3v) is 4.83. The Morgan fingerprint density at radius 1 is 1.21 bits per heavy atom. The van der Waals surface area contributed by atoms with E-state index in [1.807, 2.05) is 0 Å². The van der Waals surface area contributed by atoms with Crippen LogP contribution in [0.15, 0.2) is 18.2 Å². The van der Waals surface area contributed by atoms with Crippen LogP contribution >= 0.6 is 0 Å². The first kappa shape index (κ1) is 17.0. The summed E-state index contributed by atoms with van der Waals surface area (Å²) in [4.78, 5) is 14.7. The lowest BCUT2D eigenvalue weighted by Gasteiger charge is -2.43. The topological polar surface area (TPSA) is 60.0 Å². The van der Waals surface area contributed by atoms with Crippen molar-refractivity contribution in [1.29, 1.82) is 0 Å². The van der Waals surface area contributed by atoms with E-state index in [4.69, 9.17) is 14.2 Å². The van der Waals surface area contributed by atoms with Gasteiger partial charge in [0.05, 0.1) is 33.5 Å². The quantitative estimate of drug-likeness (QED) is 0.895. The lowest BCUT2D eigenvalue weighted by atomic mass is 9.90. The molecule has 0 spiro atoms. The van der Waals surface area contributed by atoms with Gasteiger partial charge in [-0.05, 0) is 12.8 Å². The number of hydrogen-bond donors (Lipinski definition) is 1. The molecule has 1 saturated heterocycles. The number of morpholine rings is 1. The summed E-state index contributed by atoms with van der Waals surface area (Å²) in [6.45, 7) is 1.92. The van der Waals surface area contributed by atoms with Gasteiger partial charge in [-0.25, -0.2) is 0 Å². The number of anilines is 1. The van der Waals surface area contributed by atoms with Crippen LogP contribution in [0.25, 0.3) is 0 Å². The smallest absolute Gasteiger partial charge is 0.238 e. The van der Waals surface area contributed by atoms with Gasteiger partial charge in [0, 0.05) is 36.5 Å². The molecule has 2 fully saturated rings. The molecule has 24 heavy (non-hydrogen) atoms. The maximum atomic E-state index is 12.5. The van der Waals surface area contributed by atoms with E-state index in [-0.39, 0.29) is 12.0 Å². The second kappa shape index (κ2) is 7.85. The van der Waals surface area contributed by atoms with Crippen molar-refractivity contribution in [1.82, 2.24) is 4.90 Å². The molecule has 2 atom stereocenters. The van der Waals surface area contributed by atoms with E-state index < -0.39 is 0 Å². The number of carbonyl (C=O) groups excluding carboxylic acids is 1. The lowest BCUT2D eigenvalue weighted by molar-refractivity contribution is -0.124. The van der Waals surface area contributed by atoms with E-state index in [0.29, 0.717) is 36.4 Å². The summed E-state index contributed by atoms with van der Waals surface area (Å²) in [5.74, 6) is 1.29. The highest BCUT2D eigenvalue weighted by atomic mass is 16.5. The van der Waals surface area contributed by atoms with Crippen LogP contribution in [0.4, 0.5) is 5.69 Å². The number of carbonyl (C=O) groups is 1. The van der Waals surface area contributed by atoms with Crippen molar-refractivity contribution >= 4 is 11.6 Å². The Kier molecular flexibility index (Phi) is 5.58. The molecule has 1 amide bonds. The van der Waals surface area contributed by atoms with Gasteiger partial charge in [-0.15, -0.1) is 0 Å². The van der Waals surface area contributed by atoms with Gasteiger partial charge < -0.3 is 19.5 Å². The molecule has 6 heteroatoms. The number of fused-ring (bicyclic) bond motifs is 1. The Bertz CT molecular complexity index is 554. The van der Waals surface area contributed by atoms with Crippen molar-refractivity contribution in [3.63, 3.8) is 0 Å². The Morgan fingerprint density at radius 2 is 1.92 bits per heavy atom. The fourth-order valence-electron chi connectivity index (χ4n) is 3.64. The van der Waals surface area contributed by atoms with Gasteiger partial charge >= 0.3 is 0 Å². The number of methoxy groups -OCH3 is 2. The summed E-state index contributed by atoms with van der Waals surface area (Å²) in [7, 11) is 3.19. The molecule has 2 unspecified atom stereocenters. The summed E-state index contributed by atoms with van der Waals surface area (Å²) >= 11 is 0. The van der Waals surface area contributed by atoms with Crippen molar-refractivity contribution in [3.05, 3.63) is 18.2 Å². The van der Waals surface area contributed by atoms with Crippen LogP contribution in [-0.2, 0) is 9.53 Å². The van der Waals surface area contributed by atoms with Gasteiger partial charge in [-0.2, -0.15) is 0 Å². The molecular formula is C18H26N2O4. The molecule has 3 rings (SSSR count). The number of benzene rings is 1. The molecule has 1 N–H and O–H groups in total. The SMILES string of the molecule is COc1cc(NC(=O)CN2CCOC3CCCCC32)cc(OC)c1. The fourth-order valence-corrected chi connectivity index (χ4v) is 3.64. The first-order valence-corrected chi connectivity index (χ1v) is 8.58. The average Bonchev–Trinajstić information content (AvgIpc) is 2.61. The Morgan fingerprint density at radius 3 is 2.62 bits per heavy atom. The monoisotopic (exact) mass is 334 g/mol. The van der Waals surface area contributed by atoms with Crippen LogP contribution in [0, 0.1) is 0 Å². The van der Waals surface area contributed by atoms with Crippen molar-refractivity contribution in [3.8, 4) is 11.5 Å². The molecule has 0 radical (unpaired) electrons. The van der Waals surface area contributed by atoms with Gasteiger partial charge in [-0.3, -0.25) is 9.69 Å². The molecular weight excluding hydrogens is 308 g/mol. The summed E-state index contributed by atoms with van der Waals surface area (Å²) in [6.07, 6.45) is 4.96. The summed E-state index contributed by atoms with van der Waals surface area (Å²) < 4.78 is 16.3. The molecule has 0 bridgehead atoms. The highest BCUT2D eigenvalue weighted by Crippen LogP contribution is 2.29. The first-order valence-electron chi connectivity index (χ1n) is 8.58. The van der Waals surface area contributed by atoms with Crippen LogP contribution in [0.5, 0.6) is 11.5 Å². The normalized spacial score (nSPS) is 24.1. The molecule has 1 aromatic rings. The zero-order chi connectivity index (χ0) is 16.9. The number of nitrogens with zero attached hydrogens (tertiary/aromatic N) is 1. The third kappa shape index (κ3) is 3.99. The predicted molar refractivity (Wildman–Crippen MR) is 91.7 cm³/mol. The summed E-state index contributed by atoms with van der Waals surface area (Å²) in [6, 6.07) is 5.74. The van der Waals surface area contributed by atoms with Crippen LogP contribution < -0.4 is 14.8 Å². The van der Waals surface area contributed by atoms with Crippen LogP contribution in [0.1, 0.15) is 25.7 Å². The minimum absolute atomic E-state index is 0.0171. The number of amides is 1. The first-order chi connectivity index (χ1) is 11.7. The fraction of sp³-hybridized carbons (Fsp3) is 0.611. The maximum Gasteiger partial charge on any atom is 0.238 e. The van der Waals surface area contributed by atoms with E-state index in [9.17, 15) is 4.79 Å². The molecule has 1 aromatic carbocycles. The number of hydrogen-bond acceptors (Lipinski definition) is 5. The average molecular weight is 334 g/mol. The maximum absolute atomic E-state index is 12.5. The molecule has 1 aliphatic carbocycles. The van der Waals surface area contributed by atoms with E-state index >= 15 is 0 Å². The Labute approximate surface area is 143 Å². The van der Waals surface area contributed by atoms with Crippen molar-refractivity contribution in [2.24, 2.45) is 0 Å². The van der Waals surface area contributed by atoms with Gasteiger partial charge in [0.15, 0.2) is 0 Å². The molecule has 1 aliphatic heterocycles. The molecule has 0 aromatic heterocycles. The van der Waals surface area contributed by atoms with Crippen LogP contribution in [0.3, 0.4) is 0 Å². The second-order valence-corrected chi connectivity index (χ2v) is 6.38. The Hall–Kier alpha value is -1.79. The van der Waals surface area contributed by atoms with Crippen molar-refractivity contribution in [2.45, 2.75) is 37.8 Å². The molecule has 132 valence electrons. The van der Waals surface area contributed by atoms with E-state index in [1.165, 1.54) is 12.8 Å². The van der Waals surface area contributed by atoms with E-state index in [2.05, 4.69) is 10.2 Å². The number of rotatable bonds is 5. The largest absolute Gasteiger partial charge is 0.497 e. The summed E-state index contributed by atoms with van der Waals surface area (Å²) in [5, 5.41) is 2.95. The van der Waals surface area contributed by atoms with Gasteiger partial charge in [-0.1, -0.05) is 12.8 Å². The predicted octanol–water partition coefficient (Wildman–Crippen LogP) is 2.29. The minimum Gasteiger partial charge on any atom is -0.497 e. The second-order valence-electron chi connectivity index (χ2n) is 6.38. The Balaban J connectivity index is 1.62. The van der Waals surface area contributed by atoms with Crippen molar-refractivity contribution in [2.75, 3.05) is 39.2 Å². The van der Waals surface area contributed by atoms with Gasteiger partial charge in [0.1, 0.15) is 11.5 Å².